The SMILES string of the molecule is O=C1Nc2ccccc2OC1=Cc1cccnc1. The first-order valence-electron chi connectivity index (χ1n) is 5.53. The molecular formula is C14H10N2O2. The largest absolute Gasteiger partial charge is 0.449 e. The van der Waals surface area contributed by atoms with E-state index in [9.17, 15) is 4.79 Å². The molecule has 1 amide bonds. The highest BCUT2D eigenvalue weighted by Gasteiger charge is 2.21. The minimum atomic E-state index is -0.252. The number of anilines is 1. The number of ether oxygens (including phenoxy) is 1. The van der Waals surface area contributed by atoms with E-state index in [1.165, 1.54) is 0 Å². The zero-order chi connectivity index (χ0) is 12.4. The average molecular weight is 238 g/mol. The van der Waals surface area contributed by atoms with Gasteiger partial charge in [0.15, 0.2) is 11.5 Å². The molecule has 0 bridgehead atoms. The van der Waals surface area contributed by atoms with Crippen LogP contribution in [0.25, 0.3) is 6.08 Å². The van der Waals surface area contributed by atoms with E-state index in [2.05, 4.69) is 10.3 Å². The van der Waals surface area contributed by atoms with Crippen molar-refractivity contribution >= 4 is 17.7 Å². The Bertz CT molecular complexity index is 621. The van der Waals surface area contributed by atoms with Gasteiger partial charge < -0.3 is 10.1 Å². The highest BCUT2D eigenvalue weighted by Crippen LogP contribution is 2.30. The van der Waals surface area contributed by atoms with Crippen molar-refractivity contribution in [3.05, 3.63) is 60.1 Å². The van der Waals surface area contributed by atoms with Gasteiger partial charge in [0.25, 0.3) is 5.91 Å². The Labute approximate surface area is 104 Å². The van der Waals surface area contributed by atoms with E-state index < -0.39 is 0 Å². The summed E-state index contributed by atoms with van der Waals surface area (Å²) in [6.07, 6.45) is 5.02. The van der Waals surface area contributed by atoms with E-state index in [0.717, 1.165) is 5.56 Å². The number of hydrogen-bond acceptors (Lipinski definition) is 3. The highest BCUT2D eigenvalue weighted by atomic mass is 16.5. The van der Waals surface area contributed by atoms with Gasteiger partial charge in [-0.1, -0.05) is 18.2 Å². The number of hydrogen-bond donors (Lipinski definition) is 1. The number of benzene rings is 1. The number of rotatable bonds is 1. The Hall–Kier alpha value is -2.62. The van der Waals surface area contributed by atoms with Gasteiger partial charge in [-0.25, -0.2) is 0 Å². The van der Waals surface area contributed by atoms with E-state index in [-0.39, 0.29) is 11.7 Å². The van der Waals surface area contributed by atoms with Crippen LogP contribution >= 0.6 is 0 Å². The third kappa shape index (κ3) is 1.96. The smallest absolute Gasteiger partial charge is 0.291 e. The molecule has 0 saturated heterocycles. The summed E-state index contributed by atoms with van der Waals surface area (Å²) in [5.41, 5.74) is 1.51. The quantitative estimate of drug-likeness (QED) is 0.776. The Morgan fingerprint density at radius 2 is 2.06 bits per heavy atom. The highest BCUT2D eigenvalue weighted by molar-refractivity contribution is 6.08. The molecule has 0 fully saturated rings. The normalized spacial score (nSPS) is 15.8. The number of carbonyl (C=O) groups is 1. The standard InChI is InChI=1S/C14H10N2O2/c17-14-13(8-10-4-3-7-15-9-10)18-12-6-2-1-5-11(12)16-14/h1-9H,(H,16,17). The van der Waals surface area contributed by atoms with Crippen molar-refractivity contribution < 1.29 is 9.53 Å². The molecule has 2 heterocycles. The lowest BCUT2D eigenvalue weighted by atomic mass is 10.2. The Morgan fingerprint density at radius 1 is 1.17 bits per heavy atom. The number of amides is 1. The minimum Gasteiger partial charge on any atom is -0.449 e. The maximum absolute atomic E-state index is 11.8. The van der Waals surface area contributed by atoms with Crippen molar-refractivity contribution in [3.63, 3.8) is 0 Å². The van der Waals surface area contributed by atoms with Crippen molar-refractivity contribution in [1.29, 1.82) is 0 Å². The van der Waals surface area contributed by atoms with Gasteiger partial charge in [-0.15, -0.1) is 0 Å². The molecule has 3 rings (SSSR count). The molecule has 1 aliphatic heterocycles. The van der Waals surface area contributed by atoms with Gasteiger partial charge in [-0.2, -0.15) is 0 Å². The summed E-state index contributed by atoms with van der Waals surface area (Å²) in [6.45, 7) is 0. The maximum atomic E-state index is 11.8. The lowest BCUT2D eigenvalue weighted by Gasteiger charge is -2.19. The molecule has 0 unspecified atom stereocenters. The van der Waals surface area contributed by atoms with Crippen LogP contribution in [0.15, 0.2) is 54.6 Å². The summed E-state index contributed by atoms with van der Waals surface area (Å²) in [5.74, 6) is 0.659. The second-order valence-corrected chi connectivity index (χ2v) is 3.85. The summed E-state index contributed by atoms with van der Waals surface area (Å²) in [4.78, 5) is 15.8. The van der Waals surface area contributed by atoms with Gasteiger partial charge in [-0.05, 0) is 29.8 Å². The Morgan fingerprint density at radius 3 is 2.89 bits per heavy atom. The predicted octanol–water partition coefficient (Wildman–Crippen LogP) is 2.45. The third-order valence-electron chi connectivity index (χ3n) is 2.56. The summed E-state index contributed by atoms with van der Waals surface area (Å²) in [5, 5.41) is 2.78. The minimum absolute atomic E-state index is 0.252. The second-order valence-electron chi connectivity index (χ2n) is 3.85. The lowest BCUT2D eigenvalue weighted by molar-refractivity contribution is -0.115. The number of nitrogens with one attached hydrogen (secondary N) is 1. The number of nitrogens with zero attached hydrogens (tertiary/aromatic N) is 1. The zero-order valence-corrected chi connectivity index (χ0v) is 9.46. The van der Waals surface area contributed by atoms with Crippen LogP contribution in [0.2, 0.25) is 0 Å². The van der Waals surface area contributed by atoms with Crippen LogP contribution in [-0.4, -0.2) is 10.9 Å². The molecule has 0 saturated carbocycles. The molecule has 0 radical (unpaired) electrons. The van der Waals surface area contributed by atoms with E-state index in [1.807, 2.05) is 24.3 Å². The molecule has 4 heteroatoms. The zero-order valence-electron chi connectivity index (χ0n) is 9.46. The molecule has 88 valence electrons. The first-order chi connectivity index (χ1) is 8.83. The fourth-order valence-electron chi connectivity index (χ4n) is 1.72. The van der Waals surface area contributed by atoms with Gasteiger partial charge in [0.1, 0.15) is 0 Å². The number of carbonyl (C=O) groups excluding carboxylic acids is 1. The van der Waals surface area contributed by atoms with Crippen LogP contribution in [0.1, 0.15) is 5.56 Å². The topological polar surface area (TPSA) is 51.2 Å². The average Bonchev–Trinajstić information content (AvgIpc) is 2.41. The van der Waals surface area contributed by atoms with Gasteiger partial charge in [0.05, 0.1) is 5.69 Å². The van der Waals surface area contributed by atoms with E-state index in [0.29, 0.717) is 11.4 Å². The molecular weight excluding hydrogens is 228 g/mol. The predicted molar refractivity (Wildman–Crippen MR) is 67.9 cm³/mol. The number of pyridine rings is 1. The first kappa shape index (κ1) is 10.5. The Kier molecular flexibility index (Phi) is 2.53. The molecule has 1 N–H and O–H groups in total. The lowest BCUT2D eigenvalue weighted by Crippen LogP contribution is -2.23. The van der Waals surface area contributed by atoms with Crippen LogP contribution in [0.4, 0.5) is 5.69 Å². The molecule has 2 aromatic rings. The third-order valence-corrected chi connectivity index (χ3v) is 2.56. The van der Waals surface area contributed by atoms with Crippen molar-refractivity contribution in [3.8, 4) is 5.75 Å². The maximum Gasteiger partial charge on any atom is 0.291 e. The molecule has 0 atom stereocenters. The molecule has 1 aromatic carbocycles. The van der Waals surface area contributed by atoms with Crippen LogP contribution in [0, 0.1) is 0 Å². The van der Waals surface area contributed by atoms with Gasteiger partial charge in [0.2, 0.25) is 0 Å². The fraction of sp³-hybridized carbons (Fsp3) is 0. The first-order valence-corrected chi connectivity index (χ1v) is 5.53. The van der Waals surface area contributed by atoms with Crippen LogP contribution < -0.4 is 10.1 Å². The van der Waals surface area contributed by atoms with Crippen LogP contribution in [-0.2, 0) is 4.79 Å². The molecule has 4 nitrogen and oxygen atoms in total. The molecule has 18 heavy (non-hydrogen) atoms. The molecule has 1 aliphatic rings. The van der Waals surface area contributed by atoms with E-state index in [4.69, 9.17) is 4.74 Å². The van der Waals surface area contributed by atoms with Crippen molar-refractivity contribution in [2.24, 2.45) is 0 Å². The van der Waals surface area contributed by atoms with Crippen LogP contribution in [0.3, 0.4) is 0 Å². The number of fused-ring (bicyclic) bond motifs is 1. The van der Waals surface area contributed by atoms with Crippen molar-refractivity contribution in [2.45, 2.75) is 0 Å². The molecule has 0 spiro atoms. The summed E-state index contributed by atoms with van der Waals surface area (Å²) >= 11 is 0. The van der Waals surface area contributed by atoms with Gasteiger partial charge in [0, 0.05) is 12.4 Å². The molecule has 1 aromatic heterocycles. The van der Waals surface area contributed by atoms with Gasteiger partial charge in [-0.3, -0.25) is 9.78 Å². The second kappa shape index (κ2) is 4.33. The van der Waals surface area contributed by atoms with Gasteiger partial charge >= 0.3 is 0 Å². The summed E-state index contributed by atoms with van der Waals surface area (Å²) < 4.78 is 5.57. The van der Waals surface area contributed by atoms with Crippen LogP contribution in [0.5, 0.6) is 5.75 Å². The Balaban J connectivity index is 1.96. The van der Waals surface area contributed by atoms with E-state index >= 15 is 0 Å². The summed E-state index contributed by atoms with van der Waals surface area (Å²) in [7, 11) is 0. The number of aromatic nitrogens is 1. The summed E-state index contributed by atoms with van der Waals surface area (Å²) in [6, 6.07) is 11.0. The monoisotopic (exact) mass is 238 g/mol. The van der Waals surface area contributed by atoms with E-state index in [1.54, 1.807) is 30.6 Å². The molecule has 0 aliphatic carbocycles. The fourth-order valence-corrected chi connectivity index (χ4v) is 1.72. The number of para-hydroxylation sites is 2. The van der Waals surface area contributed by atoms with Crippen molar-refractivity contribution in [2.75, 3.05) is 5.32 Å². The van der Waals surface area contributed by atoms with Crippen molar-refractivity contribution in [1.82, 2.24) is 4.98 Å².